The molecule has 0 bridgehead atoms. The average Bonchev–Trinajstić information content (AvgIpc) is 2.59. The number of rotatable bonds is 2. The van der Waals surface area contributed by atoms with E-state index in [4.69, 9.17) is 16.3 Å². The van der Waals surface area contributed by atoms with Crippen LogP contribution in [0.5, 0.6) is 0 Å². The van der Waals surface area contributed by atoms with E-state index < -0.39 is 0 Å². The summed E-state index contributed by atoms with van der Waals surface area (Å²) in [5, 5.41) is 8.51. The Hall–Kier alpha value is -0.610. The summed E-state index contributed by atoms with van der Waals surface area (Å²) in [5.41, 5.74) is 0. The van der Waals surface area contributed by atoms with Crippen LogP contribution in [0.4, 0.5) is 0 Å². The summed E-state index contributed by atoms with van der Waals surface area (Å²) in [4.78, 5) is 0. The van der Waals surface area contributed by atoms with Gasteiger partial charge in [-0.1, -0.05) is 6.92 Å². The van der Waals surface area contributed by atoms with Crippen molar-refractivity contribution in [2.24, 2.45) is 0 Å². The van der Waals surface area contributed by atoms with Crippen LogP contribution in [0.2, 0.25) is 5.28 Å². The number of aromatic nitrogens is 3. The molecular weight excluding hydrogens is 214 g/mol. The van der Waals surface area contributed by atoms with Gasteiger partial charge in [0.1, 0.15) is 5.82 Å². The molecule has 0 spiro atoms. The number of hydrogen-bond acceptors (Lipinski definition) is 3. The lowest BCUT2D eigenvalue weighted by Crippen LogP contribution is -2.26. The Morgan fingerprint density at radius 3 is 3.00 bits per heavy atom. The number of ether oxygens (including phenoxy) is 1. The highest BCUT2D eigenvalue weighted by Crippen LogP contribution is 2.28. The molecule has 0 N–H and O–H groups in total. The van der Waals surface area contributed by atoms with Crippen molar-refractivity contribution in [2.45, 2.75) is 45.3 Å². The normalized spacial score (nSPS) is 26.9. The van der Waals surface area contributed by atoms with Crippen LogP contribution in [0.1, 0.15) is 38.6 Å². The van der Waals surface area contributed by atoms with E-state index >= 15 is 0 Å². The van der Waals surface area contributed by atoms with E-state index in [-0.39, 0.29) is 0 Å². The van der Waals surface area contributed by atoms with Gasteiger partial charge in [-0.25, -0.2) is 0 Å². The van der Waals surface area contributed by atoms with Gasteiger partial charge in [-0.3, -0.25) is 4.57 Å². The molecule has 2 heterocycles. The summed E-state index contributed by atoms with van der Waals surface area (Å²) in [7, 11) is 0. The van der Waals surface area contributed by atoms with E-state index in [1.165, 1.54) is 0 Å². The molecule has 0 aromatic carbocycles. The molecule has 1 aromatic rings. The molecule has 0 aliphatic carbocycles. The first-order valence-electron chi connectivity index (χ1n) is 5.43. The van der Waals surface area contributed by atoms with Crippen LogP contribution in [-0.4, -0.2) is 27.5 Å². The summed E-state index contributed by atoms with van der Waals surface area (Å²) in [6, 6.07) is 0.395. The van der Waals surface area contributed by atoms with Crippen molar-refractivity contribution in [3.05, 3.63) is 11.1 Å². The van der Waals surface area contributed by atoms with Crippen LogP contribution < -0.4 is 0 Å². The Morgan fingerprint density at radius 1 is 1.53 bits per heavy atom. The van der Waals surface area contributed by atoms with Gasteiger partial charge in [-0.2, -0.15) is 0 Å². The van der Waals surface area contributed by atoms with E-state index in [9.17, 15) is 0 Å². The second-order valence-corrected chi connectivity index (χ2v) is 4.31. The van der Waals surface area contributed by atoms with Gasteiger partial charge in [0.15, 0.2) is 0 Å². The Kier molecular flexibility index (Phi) is 3.26. The summed E-state index contributed by atoms with van der Waals surface area (Å²) in [6.07, 6.45) is 3.15. The maximum absolute atomic E-state index is 6.05. The number of aryl methyl sites for hydroxylation is 1. The zero-order chi connectivity index (χ0) is 10.8. The van der Waals surface area contributed by atoms with Crippen LogP contribution in [0.3, 0.4) is 0 Å². The Morgan fingerprint density at radius 2 is 2.33 bits per heavy atom. The second kappa shape index (κ2) is 4.49. The van der Waals surface area contributed by atoms with Gasteiger partial charge in [0, 0.05) is 19.1 Å². The van der Waals surface area contributed by atoms with Crippen LogP contribution in [-0.2, 0) is 11.2 Å². The van der Waals surface area contributed by atoms with Crippen LogP contribution in [0.15, 0.2) is 0 Å². The zero-order valence-corrected chi connectivity index (χ0v) is 9.87. The summed E-state index contributed by atoms with van der Waals surface area (Å²) in [5.74, 6) is 0.971. The highest BCUT2D eigenvalue weighted by molar-refractivity contribution is 6.28. The van der Waals surface area contributed by atoms with Gasteiger partial charge in [0.2, 0.25) is 5.28 Å². The van der Waals surface area contributed by atoms with Crippen LogP contribution >= 0.6 is 11.6 Å². The van der Waals surface area contributed by atoms with E-state index in [0.29, 0.717) is 17.4 Å². The molecule has 1 aromatic heterocycles. The molecule has 1 fully saturated rings. The first-order valence-corrected chi connectivity index (χ1v) is 5.81. The molecule has 2 unspecified atom stereocenters. The van der Waals surface area contributed by atoms with Gasteiger partial charge in [0.05, 0.1) is 6.10 Å². The molecule has 0 saturated carbocycles. The van der Waals surface area contributed by atoms with E-state index in [1.807, 2.05) is 0 Å². The minimum absolute atomic E-state index is 0.298. The van der Waals surface area contributed by atoms with Gasteiger partial charge in [-0.05, 0) is 31.4 Å². The minimum atomic E-state index is 0.298. The number of hydrogen-bond donors (Lipinski definition) is 0. The van der Waals surface area contributed by atoms with Gasteiger partial charge in [-0.15, -0.1) is 10.2 Å². The molecule has 0 radical (unpaired) electrons. The Balaban J connectivity index is 2.23. The maximum atomic E-state index is 6.05. The third-order valence-electron chi connectivity index (χ3n) is 2.86. The van der Waals surface area contributed by atoms with E-state index in [1.54, 1.807) is 0 Å². The van der Waals surface area contributed by atoms with Crippen LogP contribution in [0, 0.1) is 0 Å². The summed E-state index contributed by atoms with van der Waals surface area (Å²) in [6.45, 7) is 4.96. The molecule has 2 atom stereocenters. The maximum Gasteiger partial charge on any atom is 0.225 e. The number of halogens is 1. The lowest BCUT2D eigenvalue weighted by molar-refractivity contribution is 0.00546. The van der Waals surface area contributed by atoms with E-state index in [2.05, 4.69) is 28.6 Å². The van der Waals surface area contributed by atoms with Gasteiger partial charge < -0.3 is 4.74 Å². The largest absolute Gasteiger partial charge is 0.378 e. The Labute approximate surface area is 94.6 Å². The zero-order valence-electron chi connectivity index (χ0n) is 9.11. The fraction of sp³-hybridized carbons (Fsp3) is 0.800. The lowest BCUT2D eigenvalue weighted by Gasteiger charge is -2.29. The monoisotopic (exact) mass is 229 g/mol. The third kappa shape index (κ3) is 2.16. The SMILES string of the molecule is CCc1nnc(Cl)n1C1CCOC(C)C1. The molecule has 1 aliphatic heterocycles. The Bertz CT molecular complexity index is 339. The van der Waals surface area contributed by atoms with Crippen molar-refractivity contribution in [1.29, 1.82) is 0 Å². The molecule has 0 amide bonds. The fourth-order valence-electron chi connectivity index (χ4n) is 2.11. The van der Waals surface area contributed by atoms with E-state index in [0.717, 1.165) is 31.7 Å². The smallest absolute Gasteiger partial charge is 0.225 e. The average molecular weight is 230 g/mol. The topological polar surface area (TPSA) is 39.9 Å². The predicted molar refractivity (Wildman–Crippen MR) is 58.1 cm³/mol. The quantitative estimate of drug-likeness (QED) is 0.781. The van der Waals surface area contributed by atoms with Crippen molar-refractivity contribution in [1.82, 2.24) is 14.8 Å². The molecule has 1 aliphatic rings. The second-order valence-electron chi connectivity index (χ2n) is 3.97. The fourth-order valence-corrected chi connectivity index (χ4v) is 2.39. The van der Waals surface area contributed by atoms with Crippen molar-refractivity contribution in [3.8, 4) is 0 Å². The molecule has 4 nitrogen and oxygen atoms in total. The van der Waals surface area contributed by atoms with Crippen molar-refractivity contribution in [2.75, 3.05) is 6.61 Å². The summed E-state index contributed by atoms with van der Waals surface area (Å²) < 4.78 is 7.58. The first kappa shape index (κ1) is 10.9. The molecular formula is C10H16ClN3O. The molecule has 2 rings (SSSR count). The molecule has 84 valence electrons. The van der Waals surface area contributed by atoms with Crippen molar-refractivity contribution < 1.29 is 4.74 Å². The summed E-state index contributed by atoms with van der Waals surface area (Å²) >= 11 is 6.05. The third-order valence-corrected chi connectivity index (χ3v) is 3.12. The molecule has 1 saturated heterocycles. The highest BCUT2D eigenvalue weighted by Gasteiger charge is 2.24. The molecule has 5 heteroatoms. The lowest BCUT2D eigenvalue weighted by atomic mass is 10.0. The highest BCUT2D eigenvalue weighted by atomic mass is 35.5. The predicted octanol–water partition coefficient (Wildman–Crippen LogP) is 2.23. The molecule has 15 heavy (non-hydrogen) atoms. The minimum Gasteiger partial charge on any atom is -0.378 e. The first-order chi connectivity index (χ1) is 7.22. The van der Waals surface area contributed by atoms with Crippen molar-refractivity contribution >= 4 is 11.6 Å². The standard InChI is InChI=1S/C10H16ClN3O/c1-3-9-12-13-10(11)14(9)8-4-5-15-7(2)6-8/h7-8H,3-6H2,1-2H3. The van der Waals surface area contributed by atoms with Gasteiger partial charge in [0.25, 0.3) is 0 Å². The van der Waals surface area contributed by atoms with Crippen LogP contribution in [0.25, 0.3) is 0 Å². The van der Waals surface area contributed by atoms with Gasteiger partial charge >= 0.3 is 0 Å². The van der Waals surface area contributed by atoms with Crippen molar-refractivity contribution in [3.63, 3.8) is 0 Å². The number of nitrogens with zero attached hydrogens (tertiary/aromatic N) is 3.